The molecular formula is C23H26N2O5. The first-order chi connectivity index (χ1) is 14.5. The summed E-state index contributed by atoms with van der Waals surface area (Å²) in [5.74, 6) is -0.521. The van der Waals surface area contributed by atoms with Gasteiger partial charge in [0.2, 0.25) is 0 Å². The molecule has 30 heavy (non-hydrogen) atoms. The summed E-state index contributed by atoms with van der Waals surface area (Å²) in [6.07, 6.45) is 6.15. The summed E-state index contributed by atoms with van der Waals surface area (Å²) >= 11 is 0. The molecule has 2 aromatic rings. The highest BCUT2D eigenvalue weighted by Gasteiger charge is 2.20. The minimum Gasteiger partial charge on any atom is -0.454 e. The third-order valence-corrected chi connectivity index (χ3v) is 5.44. The van der Waals surface area contributed by atoms with Crippen molar-refractivity contribution in [3.8, 4) is 0 Å². The van der Waals surface area contributed by atoms with E-state index in [9.17, 15) is 19.7 Å². The predicted molar refractivity (Wildman–Crippen MR) is 114 cm³/mol. The molecular weight excluding hydrogens is 384 g/mol. The number of hydrogen-bond donors (Lipinski definition) is 1. The zero-order valence-corrected chi connectivity index (χ0v) is 17.1. The molecule has 1 fully saturated rings. The van der Waals surface area contributed by atoms with Crippen LogP contribution in [0.15, 0.2) is 42.5 Å². The Morgan fingerprint density at radius 2 is 1.73 bits per heavy atom. The lowest BCUT2D eigenvalue weighted by Gasteiger charge is -2.22. The molecule has 1 aliphatic carbocycles. The average molecular weight is 410 g/mol. The number of benzene rings is 2. The molecule has 158 valence electrons. The number of rotatable bonds is 8. The number of ether oxygens (including phenoxy) is 1. The van der Waals surface area contributed by atoms with Gasteiger partial charge in [0.25, 0.3) is 5.69 Å². The molecule has 0 saturated heterocycles. The van der Waals surface area contributed by atoms with Gasteiger partial charge in [0.05, 0.1) is 10.5 Å². The summed E-state index contributed by atoms with van der Waals surface area (Å²) in [7, 11) is 0. The Hall–Kier alpha value is -3.22. The van der Waals surface area contributed by atoms with Crippen LogP contribution in [0.25, 0.3) is 0 Å². The summed E-state index contributed by atoms with van der Waals surface area (Å²) in [5.41, 5.74) is 1.88. The summed E-state index contributed by atoms with van der Waals surface area (Å²) in [6.45, 7) is 1.92. The number of nitro benzene ring substituents is 1. The molecule has 0 radical (unpaired) electrons. The van der Waals surface area contributed by atoms with Gasteiger partial charge in [-0.15, -0.1) is 0 Å². The van der Waals surface area contributed by atoms with Crippen molar-refractivity contribution in [2.24, 2.45) is 0 Å². The molecule has 1 N–H and O–H groups in total. The largest absolute Gasteiger partial charge is 0.454 e. The molecule has 0 unspecified atom stereocenters. The van der Waals surface area contributed by atoms with E-state index in [1.54, 1.807) is 12.1 Å². The fourth-order valence-electron chi connectivity index (χ4n) is 3.82. The maximum atomic E-state index is 12.4. The highest BCUT2D eigenvalue weighted by molar-refractivity contribution is 5.99. The van der Waals surface area contributed by atoms with Crippen LogP contribution in [0.5, 0.6) is 0 Å². The van der Waals surface area contributed by atoms with Crippen LogP contribution in [0.4, 0.5) is 11.4 Å². The van der Waals surface area contributed by atoms with E-state index in [2.05, 4.69) is 5.32 Å². The number of ketones is 1. The van der Waals surface area contributed by atoms with Gasteiger partial charge in [-0.3, -0.25) is 14.9 Å². The van der Waals surface area contributed by atoms with Crippen molar-refractivity contribution in [1.29, 1.82) is 0 Å². The third kappa shape index (κ3) is 5.23. The smallest absolute Gasteiger partial charge is 0.338 e. The van der Waals surface area contributed by atoms with E-state index in [0.29, 0.717) is 23.7 Å². The van der Waals surface area contributed by atoms with Gasteiger partial charge in [0.15, 0.2) is 12.4 Å². The van der Waals surface area contributed by atoms with E-state index in [1.807, 2.05) is 19.1 Å². The lowest BCUT2D eigenvalue weighted by Crippen LogP contribution is -2.15. The minimum atomic E-state index is -0.770. The van der Waals surface area contributed by atoms with Crippen LogP contribution in [-0.4, -0.2) is 29.8 Å². The standard InChI is InChI=1S/C23H26N2O5/c1-2-24-20-13-12-19(14-21(20)25(28)29)23(27)30-15-22(26)18-10-8-17(9-11-18)16-6-4-3-5-7-16/h8-14,16,24H,2-7,15H2,1H3. The van der Waals surface area contributed by atoms with E-state index >= 15 is 0 Å². The Morgan fingerprint density at radius 1 is 1.07 bits per heavy atom. The Kier molecular flexibility index (Phi) is 7.17. The summed E-state index contributed by atoms with van der Waals surface area (Å²) < 4.78 is 5.09. The van der Waals surface area contributed by atoms with Crippen molar-refractivity contribution in [1.82, 2.24) is 0 Å². The molecule has 0 aliphatic heterocycles. The van der Waals surface area contributed by atoms with Gasteiger partial charge in [-0.05, 0) is 43.4 Å². The number of carbonyl (C=O) groups excluding carboxylic acids is 2. The topological polar surface area (TPSA) is 98.5 Å². The Labute approximate surface area is 175 Å². The lowest BCUT2D eigenvalue weighted by atomic mass is 9.84. The second kappa shape index (κ2) is 10.0. The Bertz CT molecular complexity index is 918. The molecule has 7 heteroatoms. The molecule has 1 saturated carbocycles. The quantitative estimate of drug-likeness (QED) is 0.281. The fourth-order valence-corrected chi connectivity index (χ4v) is 3.82. The van der Waals surface area contributed by atoms with E-state index in [4.69, 9.17) is 4.74 Å². The molecule has 3 rings (SSSR count). The predicted octanol–water partition coefficient (Wildman–Crippen LogP) is 5.11. The number of carbonyl (C=O) groups is 2. The van der Waals surface area contributed by atoms with Crippen molar-refractivity contribution in [3.63, 3.8) is 0 Å². The molecule has 2 aromatic carbocycles. The van der Waals surface area contributed by atoms with Gasteiger partial charge < -0.3 is 10.1 Å². The van der Waals surface area contributed by atoms with Crippen molar-refractivity contribution in [3.05, 3.63) is 69.3 Å². The van der Waals surface area contributed by atoms with Crippen LogP contribution < -0.4 is 5.32 Å². The van der Waals surface area contributed by atoms with Gasteiger partial charge in [0.1, 0.15) is 5.69 Å². The zero-order chi connectivity index (χ0) is 21.5. The Morgan fingerprint density at radius 3 is 2.37 bits per heavy atom. The maximum absolute atomic E-state index is 12.4. The van der Waals surface area contributed by atoms with Gasteiger partial charge in [0, 0.05) is 18.2 Å². The van der Waals surface area contributed by atoms with E-state index in [-0.39, 0.29) is 17.0 Å². The molecule has 0 atom stereocenters. The van der Waals surface area contributed by atoms with Crippen LogP contribution >= 0.6 is 0 Å². The van der Waals surface area contributed by atoms with Gasteiger partial charge in [-0.25, -0.2) is 4.79 Å². The van der Waals surface area contributed by atoms with Crippen LogP contribution in [0.2, 0.25) is 0 Å². The molecule has 1 aliphatic rings. The maximum Gasteiger partial charge on any atom is 0.338 e. The van der Waals surface area contributed by atoms with Crippen LogP contribution in [-0.2, 0) is 4.74 Å². The Balaban J connectivity index is 1.60. The van der Waals surface area contributed by atoms with Gasteiger partial charge >= 0.3 is 5.97 Å². The second-order valence-corrected chi connectivity index (χ2v) is 7.48. The van der Waals surface area contributed by atoms with Gasteiger partial charge in [-0.1, -0.05) is 43.5 Å². The van der Waals surface area contributed by atoms with Crippen molar-refractivity contribution >= 4 is 23.1 Å². The number of nitrogens with one attached hydrogen (secondary N) is 1. The number of Topliss-reactive ketones (excluding diaryl/α,β-unsaturated/α-hetero) is 1. The number of hydrogen-bond acceptors (Lipinski definition) is 6. The van der Waals surface area contributed by atoms with Crippen LogP contribution in [0.1, 0.15) is 71.2 Å². The van der Waals surface area contributed by atoms with Gasteiger partial charge in [-0.2, -0.15) is 0 Å². The first-order valence-corrected chi connectivity index (χ1v) is 10.3. The molecule has 7 nitrogen and oxygen atoms in total. The SMILES string of the molecule is CCNc1ccc(C(=O)OCC(=O)c2ccc(C3CCCCC3)cc2)cc1[N+](=O)[O-]. The molecule has 0 heterocycles. The molecule has 0 bridgehead atoms. The second-order valence-electron chi connectivity index (χ2n) is 7.48. The van der Waals surface area contributed by atoms with Crippen LogP contribution in [0, 0.1) is 10.1 Å². The molecule has 0 aromatic heterocycles. The van der Waals surface area contributed by atoms with E-state index in [1.165, 1.54) is 49.8 Å². The van der Waals surface area contributed by atoms with Crippen molar-refractivity contribution < 1.29 is 19.2 Å². The highest BCUT2D eigenvalue weighted by Crippen LogP contribution is 2.32. The third-order valence-electron chi connectivity index (χ3n) is 5.44. The number of nitrogens with zero attached hydrogens (tertiary/aromatic N) is 1. The lowest BCUT2D eigenvalue weighted by molar-refractivity contribution is -0.384. The molecule has 0 amide bonds. The molecule has 0 spiro atoms. The highest BCUT2D eigenvalue weighted by atomic mass is 16.6. The number of esters is 1. The minimum absolute atomic E-state index is 0.0313. The monoisotopic (exact) mass is 410 g/mol. The summed E-state index contributed by atoms with van der Waals surface area (Å²) in [6, 6.07) is 11.6. The first kappa shape index (κ1) is 21.5. The first-order valence-electron chi connectivity index (χ1n) is 10.3. The van der Waals surface area contributed by atoms with Crippen molar-refractivity contribution in [2.75, 3.05) is 18.5 Å². The van der Waals surface area contributed by atoms with E-state index in [0.717, 1.165) is 6.07 Å². The zero-order valence-electron chi connectivity index (χ0n) is 17.1. The average Bonchev–Trinajstić information content (AvgIpc) is 2.78. The number of nitro groups is 1. The fraction of sp³-hybridized carbons (Fsp3) is 0.391. The van der Waals surface area contributed by atoms with E-state index < -0.39 is 17.5 Å². The van der Waals surface area contributed by atoms with Crippen molar-refractivity contribution in [2.45, 2.75) is 44.9 Å². The summed E-state index contributed by atoms with van der Waals surface area (Å²) in [5, 5.41) is 14.1. The van der Waals surface area contributed by atoms with Crippen LogP contribution in [0.3, 0.4) is 0 Å². The summed E-state index contributed by atoms with van der Waals surface area (Å²) in [4.78, 5) is 35.3. The normalized spacial score (nSPS) is 14.2. The number of anilines is 1.